The number of benzene rings is 3. The minimum atomic E-state index is -4.48. The molecular weight excluding hydrogens is 389 g/mol. The Morgan fingerprint density at radius 2 is 1.63 bits per heavy atom. The maximum atomic E-state index is 13.0. The van der Waals surface area contributed by atoms with Crippen LogP contribution in [0.25, 0.3) is 22.2 Å². The lowest BCUT2D eigenvalue weighted by atomic mass is 10.0. The molecule has 1 aromatic heterocycles. The lowest BCUT2D eigenvalue weighted by Gasteiger charge is -2.13. The average Bonchev–Trinajstić information content (AvgIpc) is 2.73. The van der Waals surface area contributed by atoms with Gasteiger partial charge in [-0.3, -0.25) is 4.79 Å². The number of anilines is 1. The van der Waals surface area contributed by atoms with Crippen molar-refractivity contribution in [2.75, 3.05) is 5.32 Å². The van der Waals surface area contributed by atoms with Crippen molar-refractivity contribution < 1.29 is 18.0 Å². The van der Waals surface area contributed by atoms with Gasteiger partial charge in [0.2, 0.25) is 0 Å². The second kappa shape index (κ2) is 7.63. The van der Waals surface area contributed by atoms with Crippen LogP contribution in [0.3, 0.4) is 0 Å². The summed E-state index contributed by atoms with van der Waals surface area (Å²) < 4.78 is 39.0. The Kier molecular flexibility index (Phi) is 4.99. The topological polar surface area (TPSA) is 42.0 Å². The number of halogens is 3. The Morgan fingerprint density at radius 1 is 0.900 bits per heavy atom. The fourth-order valence-corrected chi connectivity index (χ4v) is 3.33. The van der Waals surface area contributed by atoms with Crippen molar-refractivity contribution in [2.45, 2.75) is 13.1 Å². The van der Waals surface area contributed by atoms with Crippen LogP contribution in [0.4, 0.5) is 18.9 Å². The van der Waals surface area contributed by atoms with E-state index in [1.165, 1.54) is 12.1 Å². The van der Waals surface area contributed by atoms with Gasteiger partial charge in [0, 0.05) is 16.6 Å². The lowest BCUT2D eigenvalue weighted by Crippen LogP contribution is -2.14. The van der Waals surface area contributed by atoms with Gasteiger partial charge in [0.1, 0.15) is 0 Å². The fourth-order valence-electron chi connectivity index (χ4n) is 3.33. The summed E-state index contributed by atoms with van der Waals surface area (Å²) >= 11 is 0. The highest BCUT2D eigenvalue weighted by Crippen LogP contribution is 2.31. The third-order valence-electron chi connectivity index (χ3n) is 4.83. The van der Waals surface area contributed by atoms with Crippen LogP contribution < -0.4 is 5.32 Å². The standard InChI is InChI=1S/C24H17F3N2O/c1-15-7-2-3-10-18(15)22-14-20(19-11-4-5-12-21(19)29-22)23(30)28-17-9-6-8-16(13-17)24(25,26)27/h2-14H,1H3,(H,28,30). The summed E-state index contributed by atoms with van der Waals surface area (Å²) in [4.78, 5) is 17.7. The minimum Gasteiger partial charge on any atom is -0.322 e. The van der Waals surface area contributed by atoms with Crippen molar-refractivity contribution in [2.24, 2.45) is 0 Å². The van der Waals surface area contributed by atoms with Crippen LogP contribution >= 0.6 is 0 Å². The lowest BCUT2D eigenvalue weighted by molar-refractivity contribution is -0.137. The third-order valence-corrected chi connectivity index (χ3v) is 4.83. The highest BCUT2D eigenvalue weighted by atomic mass is 19.4. The zero-order chi connectivity index (χ0) is 21.3. The molecule has 1 N–H and O–H groups in total. The van der Waals surface area contributed by atoms with Gasteiger partial charge in [0.15, 0.2) is 0 Å². The highest BCUT2D eigenvalue weighted by Gasteiger charge is 2.30. The van der Waals surface area contributed by atoms with Gasteiger partial charge >= 0.3 is 6.18 Å². The van der Waals surface area contributed by atoms with Gasteiger partial charge in [0.25, 0.3) is 5.91 Å². The van der Waals surface area contributed by atoms with E-state index in [1.807, 2.05) is 37.3 Å². The van der Waals surface area contributed by atoms with Crippen molar-refractivity contribution in [1.82, 2.24) is 4.98 Å². The molecule has 0 aliphatic heterocycles. The predicted octanol–water partition coefficient (Wildman–Crippen LogP) is 6.48. The van der Waals surface area contributed by atoms with Crippen molar-refractivity contribution >= 4 is 22.5 Å². The van der Waals surface area contributed by atoms with Gasteiger partial charge in [-0.1, -0.05) is 48.5 Å². The van der Waals surface area contributed by atoms with E-state index in [0.29, 0.717) is 22.2 Å². The Hall–Kier alpha value is -3.67. The molecule has 0 radical (unpaired) electrons. The normalized spacial score (nSPS) is 11.5. The number of rotatable bonds is 3. The number of carbonyl (C=O) groups excluding carboxylic acids is 1. The van der Waals surface area contributed by atoms with Crippen LogP contribution in [0.1, 0.15) is 21.5 Å². The molecule has 4 rings (SSSR count). The van der Waals surface area contributed by atoms with Crippen LogP contribution in [-0.2, 0) is 6.18 Å². The number of hydrogen-bond donors (Lipinski definition) is 1. The maximum Gasteiger partial charge on any atom is 0.416 e. The number of carbonyl (C=O) groups is 1. The number of amides is 1. The highest BCUT2D eigenvalue weighted by molar-refractivity contribution is 6.13. The number of nitrogens with one attached hydrogen (secondary N) is 1. The summed E-state index contributed by atoms with van der Waals surface area (Å²) in [5, 5.41) is 3.21. The van der Waals surface area contributed by atoms with Crippen LogP contribution in [0.2, 0.25) is 0 Å². The van der Waals surface area contributed by atoms with Crippen LogP contribution in [0, 0.1) is 6.92 Å². The second-order valence-corrected chi connectivity index (χ2v) is 6.92. The van der Waals surface area contributed by atoms with Crippen molar-refractivity contribution in [3.63, 3.8) is 0 Å². The quantitative estimate of drug-likeness (QED) is 0.423. The molecule has 0 atom stereocenters. The molecule has 0 spiro atoms. The largest absolute Gasteiger partial charge is 0.416 e. The van der Waals surface area contributed by atoms with E-state index in [-0.39, 0.29) is 5.69 Å². The Labute approximate surface area is 171 Å². The first-order valence-electron chi connectivity index (χ1n) is 9.27. The summed E-state index contributed by atoms with van der Waals surface area (Å²) in [7, 11) is 0. The number of aromatic nitrogens is 1. The summed E-state index contributed by atoms with van der Waals surface area (Å²) in [6.07, 6.45) is -4.48. The molecule has 3 aromatic carbocycles. The van der Waals surface area contributed by atoms with Crippen molar-refractivity contribution in [1.29, 1.82) is 0 Å². The van der Waals surface area contributed by atoms with E-state index in [9.17, 15) is 18.0 Å². The summed E-state index contributed by atoms with van der Waals surface area (Å²) in [5.41, 5.74) is 2.75. The van der Waals surface area contributed by atoms with E-state index in [0.717, 1.165) is 23.3 Å². The molecule has 0 bridgehead atoms. The summed E-state index contributed by atoms with van der Waals surface area (Å²) in [6, 6.07) is 21.1. The van der Waals surface area contributed by atoms with Gasteiger partial charge in [0.05, 0.1) is 22.3 Å². The number of fused-ring (bicyclic) bond motifs is 1. The smallest absolute Gasteiger partial charge is 0.322 e. The molecule has 0 aliphatic rings. The van der Waals surface area contributed by atoms with Gasteiger partial charge in [-0.25, -0.2) is 4.98 Å². The van der Waals surface area contributed by atoms with Crippen LogP contribution in [-0.4, -0.2) is 10.9 Å². The SMILES string of the molecule is Cc1ccccc1-c1cc(C(=O)Nc2cccc(C(F)(F)F)c2)c2ccccc2n1. The molecule has 0 unspecified atom stereocenters. The zero-order valence-electron chi connectivity index (χ0n) is 16.0. The molecule has 30 heavy (non-hydrogen) atoms. The summed E-state index contributed by atoms with van der Waals surface area (Å²) in [5.74, 6) is -0.497. The molecular formula is C24H17F3N2O. The number of aryl methyl sites for hydroxylation is 1. The predicted molar refractivity (Wildman–Crippen MR) is 111 cm³/mol. The van der Waals surface area contributed by atoms with Crippen molar-refractivity contribution in [3.8, 4) is 11.3 Å². The van der Waals surface area contributed by atoms with E-state index in [4.69, 9.17) is 0 Å². The van der Waals surface area contributed by atoms with Gasteiger partial charge < -0.3 is 5.32 Å². The van der Waals surface area contributed by atoms with Gasteiger partial charge in [-0.15, -0.1) is 0 Å². The van der Waals surface area contributed by atoms with Crippen molar-refractivity contribution in [3.05, 3.63) is 95.6 Å². The van der Waals surface area contributed by atoms with Gasteiger partial charge in [-0.2, -0.15) is 13.2 Å². The second-order valence-electron chi connectivity index (χ2n) is 6.92. The number of pyridine rings is 1. The number of para-hydroxylation sites is 1. The van der Waals surface area contributed by atoms with E-state index < -0.39 is 17.6 Å². The number of hydrogen-bond acceptors (Lipinski definition) is 2. The van der Waals surface area contributed by atoms with Crippen LogP contribution in [0.5, 0.6) is 0 Å². The first-order valence-corrected chi connectivity index (χ1v) is 9.27. The average molecular weight is 406 g/mol. The Bertz CT molecular complexity index is 1250. The molecule has 0 fully saturated rings. The van der Waals surface area contributed by atoms with E-state index >= 15 is 0 Å². The maximum absolute atomic E-state index is 13.0. The van der Waals surface area contributed by atoms with Crippen LogP contribution in [0.15, 0.2) is 78.9 Å². The van der Waals surface area contributed by atoms with E-state index in [2.05, 4.69) is 10.3 Å². The number of alkyl halides is 3. The molecule has 0 saturated carbocycles. The minimum absolute atomic E-state index is 0.0770. The Morgan fingerprint density at radius 3 is 2.40 bits per heavy atom. The first-order chi connectivity index (χ1) is 14.3. The fraction of sp³-hybridized carbons (Fsp3) is 0.0833. The molecule has 1 amide bonds. The molecule has 0 saturated heterocycles. The molecule has 3 nitrogen and oxygen atoms in total. The van der Waals surface area contributed by atoms with E-state index in [1.54, 1.807) is 24.3 Å². The third kappa shape index (κ3) is 3.89. The first kappa shape index (κ1) is 19.6. The molecule has 150 valence electrons. The molecule has 4 aromatic rings. The molecule has 0 aliphatic carbocycles. The monoisotopic (exact) mass is 406 g/mol. The molecule has 6 heteroatoms. The molecule has 1 heterocycles. The number of nitrogens with zero attached hydrogens (tertiary/aromatic N) is 1. The van der Waals surface area contributed by atoms with Gasteiger partial charge in [-0.05, 0) is 42.8 Å². The summed E-state index contributed by atoms with van der Waals surface area (Å²) in [6.45, 7) is 1.95. The zero-order valence-corrected chi connectivity index (χ0v) is 16.0. The Balaban J connectivity index is 1.78.